The fourth-order valence-electron chi connectivity index (χ4n) is 5.08. The van der Waals surface area contributed by atoms with E-state index in [1.54, 1.807) is 0 Å². The van der Waals surface area contributed by atoms with Gasteiger partial charge in [-0.25, -0.2) is 0 Å². The molecule has 6 aromatic rings. The zero-order chi connectivity index (χ0) is 27.3. The zero-order valence-electron chi connectivity index (χ0n) is 21.8. The van der Waals surface area contributed by atoms with Crippen molar-refractivity contribution >= 4 is 0 Å². The third kappa shape index (κ3) is 5.03. The summed E-state index contributed by atoms with van der Waals surface area (Å²) < 4.78 is 0. The molecule has 0 heterocycles. The minimum atomic E-state index is 0.589. The van der Waals surface area contributed by atoms with Crippen molar-refractivity contribution < 1.29 is 0 Å². The molecule has 186 valence electrons. The largest absolute Gasteiger partial charge is 0.192 e. The first-order chi connectivity index (χ1) is 19.7. The molecule has 0 aliphatic carbocycles. The van der Waals surface area contributed by atoms with Gasteiger partial charge in [-0.1, -0.05) is 115 Å². The molecule has 0 atom stereocenters. The molecule has 6 rings (SSSR count). The van der Waals surface area contributed by atoms with Gasteiger partial charge in [-0.05, 0) is 86.0 Å². The van der Waals surface area contributed by atoms with E-state index in [2.05, 4.69) is 91.0 Å². The van der Waals surface area contributed by atoms with Gasteiger partial charge in [0.1, 0.15) is 0 Å². The Morgan fingerprint density at radius 1 is 0.325 bits per heavy atom. The fourth-order valence-corrected chi connectivity index (χ4v) is 5.08. The van der Waals surface area contributed by atoms with Gasteiger partial charge in [0.15, 0.2) is 0 Å². The average molecular weight is 509 g/mol. The summed E-state index contributed by atoms with van der Waals surface area (Å²) in [7, 11) is 0. The second-order valence-electron chi connectivity index (χ2n) is 9.67. The van der Waals surface area contributed by atoms with Gasteiger partial charge in [-0.2, -0.15) is 10.5 Å². The highest BCUT2D eigenvalue weighted by molar-refractivity contribution is 5.81. The first-order valence-electron chi connectivity index (χ1n) is 13.1. The third-order valence-electron chi connectivity index (χ3n) is 7.14. The minimum Gasteiger partial charge on any atom is -0.192 e. The molecule has 6 aromatic carbocycles. The molecule has 2 nitrogen and oxygen atoms in total. The normalized spacial score (nSPS) is 10.4. The average Bonchev–Trinajstić information content (AvgIpc) is 3.05. The number of nitrogens with zero attached hydrogens (tertiary/aromatic N) is 2. The molecular weight excluding hydrogens is 484 g/mol. The van der Waals surface area contributed by atoms with Gasteiger partial charge in [0, 0.05) is 0 Å². The van der Waals surface area contributed by atoms with Crippen LogP contribution in [0.3, 0.4) is 0 Å². The van der Waals surface area contributed by atoms with Crippen LogP contribution in [0.5, 0.6) is 0 Å². The monoisotopic (exact) mass is 508 g/mol. The highest BCUT2D eigenvalue weighted by atomic mass is 14.3. The van der Waals surface area contributed by atoms with E-state index in [1.165, 1.54) is 11.1 Å². The van der Waals surface area contributed by atoms with Gasteiger partial charge in [0.05, 0.1) is 23.3 Å². The van der Waals surface area contributed by atoms with Gasteiger partial charge in [0.25, 0.3) is 0 Å². The van der Waals surface area contributed by atoms with E-state index in [4.69, 9.17) is 0 Å². The molecule has 40 heavy (non-hydrogen) atoms. The van der Waals surface area contributed by atoms with Crippen molar-refractivity contribution in [3.05, 3.63) is 157 Å². The maximum Gasteiger partial charge on any atom is 0.0998 e. The molecule has 0 radical (unpaired) electrons. The maximum absolute atomic E-state index is 10.1. The third-order valence-corrected chi connectivity index (χ3v) is 7.14. The fraction of sp³-hybridized carbons (Fsp3) is 0. The molecular formula is C38H24N2. The summed E-state index contributed by atoms with van der Waals surface area (Å²) in [5.41, 5.74) is 11.5. The second kappa shape index (κ2) is 11.0. The van der Waals surface area contributed by atoms with Crippen LogP contribution in [-0.2, 0) is 0 Å². The minimum absolute atomic E-state index is 0.589. The molecule has 2 heteroatoms. The lowest BCUT2D eigenvalue weighted by atomic mass is 9.92. The summed E-state index contributed by atoms with van der Waals surface area (Å²) in [6.45, 7) is 0. The quantitative estimate of drug-likeness (QED) is 0.233. The van der Waals surface area contributed by atoms with Crippen molar-refractivity contribution in [2.24, 2.45) is 0 Å². The highest BCUT2D eigenvalue weighted by Gasteiger charge is 2.11. The summed E-state index contributed by atoms with van der Waals surface area (Å²) in [5.74, 6) is 0. The highest BCUT2D eigenvalue weighted by Crippen LogP contribution is 2.33. The number of rotatable bonds is 5. The standard InChI is InChI=1S/C38H24N2/c39-25-27-20-35(29-10-5-2-6-11-29)24-36(21-27)34-18-19-38(37(23-34)26-40)31-16-14-30(15-17-31)33-13-7-12-32(22-33)28-8-3-1-4-9-28/h1-24H. The van der Waals surface area contributed by atoms with E-state index >= 15 is 0 Å². The lowest BCUT2D eigenvalue weighted by Gasteiger charge is -2.11. The Morgan fingerprint density at radius 2 is 0.775 bits per heavy atom. The molecule has 0 aliphatic rings. The topological polar surface area (TPSA) is 47.6 Å². The van der Waals surface area contributed by atoms with Crippen LogP contribution in [0.2, 0.25) is 0 Å². The number of nitriles is 2. The van der Waals surface area contributed by atoms with Crippen molar-refractivity contribution in [1.29, 1.82) is 10.5 Å². The number of hydrogen-bond donors (Lipinski definition) is 0. The molecule has 0 fully saturated rings. The van der Waals surface area contributed by atoms with Crippen LogP contribution in [0.15, 0.2) is 146 Å². The Kier molecular flexibility index (Phi) is 6.75. The van der Waals surface area contributed by atoms with E-state index in [9.17, 15) is 10.5 Å². The zero-order valence-corrected chi connectivity index (χ0v) is 21.8. The van der Waals surface area contributed by atoms with Crippen LogP contribution < -0.4 is 0 Å². The Morgan fingerprint density at radius 3 is 1.38 bits per heavy atom. The lowest BCUT2D eigenvalue weighted by molar-refractivity contribution is 1.46. The van der Waals surface area contributed by atoms with E-state index in [0.29, 0.717) is 11.1 Å². The van der Waals surface area contributed by atoms with E-state index in [0.717, 1.165) is 44.5 Å². The predicted octanol–water partition coefficient (Wildman–Crippen LogP) is 9.76. The maximum atomic E-state index is 10.1. The van der Waals surface area contributed by atoms with Gasteiger partial charge < -0.3 is 0 Å². The van der Waals surface area contributed by atoms with Gasteiger partial charge in [0.2, 0.25) is 0 Å². The van der Waals surface area contributed by atoms with Crippen LogP contribution in [0.1, 0.15) is 11.1 Å². The number of hydrogen-bond acceptors (Lipinski definition) is 2. The van der Waals surface area contributed by atoms with Crippen LogP contribution >= 0.6 is 0 Å². The molecule has 0 spiro atoms. The van der Waals surface area contributed by atoms with E-state index in [-0.39, 0.29) is 0 Å². The molecule has 0 amide bonds. The smallest absolute Gasteiger partial charge is 0.0998 e. The first kappa shape index (κ1) is 24.6. The van der Waals surface area contributed by atoms with Gasteiger partial charge in [-0.15, -0.1) is 0 Å². The summed E-state index contributed by atoms with van der Waals surface area (Å²) in [6.07, 6.45) is 0. The van der Waals surface area contributed by atoms with Crippen molar-refractivity contribution in [1.82, 2.24) is 0 Å². The van der Waals surface area contributed by atoms with Crippen molar-refractivity contribution in [3.63, 3.8) is 0 Å². The summed E-state index contributed by atoms with van der Waals surface area (Å²) in [6, 6.07) is 53.8. The Balaban J connectivity index is 1.32. The predicted molar refractivity (Wildman–Crippen MR) is 163 cm³/mol. The molecule has 0 saturated heterocycles. The first-order valence-corrected chi connectivity index (χ1v) is 13.1. The summed E-state index contributed by atoms with van der Waals surface area (Å²) in [4.78, 5) is 0. The van der Waals surface area contributed by atoms with Crippen LogP contribution in [0.4, 0.5) is 0 Å². The molecule has 0 saturated carbocycles. The molecule has 0 N–H and O–H groups in total. The number of benzene rings is 6. The van der Waals surface area contributed by atoms with Gasteiger partial charge >= 0.3 is 0 Å². The van der Waals surface area contributed by atoms with E-state index in [1.807, 2.05) is 66.7 Å². The van der Waals surface area contributed by atoms with Crippen LogP contribution in [-0.4, -0.2) is 0 Å². The summed E-state index contributed by atoms with van der Waals surface area (Å²) in [5, 5.41) is 19.7. The van der Waals surface area contributed by atoms with Crippen molar-refractivity contribution in [2.45, 2.75) is 0 Å². The molecule has 0 aliphatic heterocycles. The van der Waals surface area contributed by atoms with Crippen molar-refractivity contribution in [2.75, 3.05) is 0 Å². The second-order valence-corrected chi connectivity index (χ2v) is 9.67. The van der Waals surface area contributed by atoms with Gasteiger partial charge in [-0.3, -0.25) is 0 Å². The van der Waals surface area contributed by atoms with Crippen LogP contribution in [0.25, 0.3) is 55.6 Å². The molecule has 0 aromatic heterocycles. The van der Waals surface area contributed by atoms with Crippen LogP contribution in [0, 0.1) is 22.7 Å². The van der Waals surface area contributed by atoms with E-state index < -0.39 is 0 Å². The summed E-state index contributed by atoms with van der Waals surface area (Å²) >= 11 is 0. The molecule has 0 unspecified atom stereocenters. The van der Waals surface area contributed by atoms with Crippen molar-refractivity contribution in [3.8, 4) is 67.8 Å². The molecule has 0 bridgehead atoms. The lowest BCUT2D eigenvalue weighted by Crippen LogP contribution is -1.89. The Bertz CT molecular complexity index is 1890. The Hall–Kier alpha value is -5.70. The Labute approximate surface area is 234 Å². The SMILES string of the molecule is N#Cc1cc(-c2ccccc2)cc(-c2ccc(-c3ccc(-c4cccc(-c5ccccc5)c4)cc3)c(C#N)c2)c1.